The second kappa shape index (κ2) is 4.79. The minimum absolute atomic E-state index is 0.121. The first-order valence-corrected chi connectivity index (χ1v) is 7.80. The molecule has 2 aromatic rings. The maximum Gasteiger partial charge on any atom is 0.254 e. The highest BCUT2D eigenvalue weighted by Gasteiger charge is 2.36. The number of carbonyl (C=O) groups excluding carboxylic acids is 1. The zero-order valence-electron chi connectivity index (χ0n) is 11.2. The molecule has 2 saturated heterocycles. The van der Waals surface area contributed by atoms with Crippen molar-refractivity contribution in [2.24, 2.45) is 0 Å². The molecule has 0 N–H and O–H groups in total. The van der Waals surface area contributed by atoms with Crippen LogP contribution in [0.3, 0.4) is 0 Å². The number of amides is 1. The Morgan fingerprint density at radius 2 is 1.90 bits per heavy atom. The van der Waals surface area contributed by atoms with Crippen LogP contribution in [0.2, 0.25) is 0 Å². The Labute approximate surface area is 121 Å². The minimum atomic E-state index is 0.121. The number of carbonyl (C=O) groups is 1. The first kappa shape index (κ1) is 12.2. The molecule has 3 heterocycles. The van der Waals surface area contributed by atoms with E-state index in [0.717, 1.165) is 29.7 Å². The number of nitrogens with zero attached hydrogens (tertiary/aromatic N) is 4. The van der Waals surface area contributed by atoms with Crippen molar-refractivity contribution in [1.29, 1.82) is 0 Å². The highest BCUT2D eigenvalue weighted by Crippen LogP contribution is 2.23. The lowest BCUT2D eigenvalue weighted by atomic mass is 10.0. The maximum atomic E-state index is 12.4. The van der Waals surface area contributed by atoms with Crippen LogP contribution in [0.25, 0.3) is 11.0 Å². The third kappa shape index (κ3) is 1.99. The quantitative estimate of drug-likeness (QED) is 0.842. The molecule has 2 aliphatic heterocycles. The third-order valence-electron chi connectivity index (χ3n) is 4.31. The monoisotopic (exact) mass is 288 g/mol. The first-order valence-electron chi connectivity index (χ1n) is 7.07. The van der Waals surface area contributed by atoms with Crippen LogP contribution in [0.4, 0.5) is 0 Å². The molecule has 2 aliphatic rings. The van der Waals surface area contributed by atoms with Crippen LogP contribution in [0.1, 0.15) is 23.2 Å². The van der Waals surface area contributed by atoms with Gasteiger partial charge in [0, 0.05) is 24.7 Å². The Kier molecular flexibility index (Phi) is 2.93. The van der Waals surface area contributed by atoms with E-state index in [2.05, 4.69) is 13.6 Å². The van der Waals surface area contributed by atoms with E-state index in [9.17, 15) is 4.79 Å². The summed E-state index contributed by atoms with van der Waals surface area (Å²) in [5, 5.41) is 0. The molecule has 0 bridgehead atoms. The van der Waals surface area contributed by atoms with Crippen molar-refractivity contribution in [3.05, 3.63) is 23.8 Å². The summed E-state index contributed by atoms with van der Waals surface area (Å²) in [5.41, 5.74) is 2.41. The van der Waals surface area contributed by atoms with Gasteiger partial charge >= 0.3 is 0 Å². The molecule has 5 nitrogen and oxygen atoms in total. The van der Waals surface area contributed by atoms with E-state index < -0.39 is 0 Å². The van der Waals surface area contributed by atoms with E-state index in [1.54, 1.807) is 0 Å². The lowest BCUT2D eigenvalue weighted by Gasteiger charge is -2.44. The predicted octanol–water partition coefficient (Wildman–Crippen LogP) is 1.61. The van der Waals surface area contributed by atoms with Gasteiger partial charge in [-0.25, -0.2) is 0 Å². The molecule has 0 radical (unpaired) electrons. The molecule has 0 atom stereocenters. The van der Waals surface area contributed by atoms with Crippen molar-refractivity contribution >= 4 is 28.7 Å². The number of rotatable bonds is 2. The van der Waals surface area contributed by atoms with E-state index in [4.69, 9.17) is 0 Å². The smallest absolute Gasteiger partial charge is 0.254 e. The fraction of sp³-hybridized carbons (Fsp3) is 0.500. The SMILES string of the molecule is O=C(c1ccc2nsnc2c1)N1CC(N2CCCC2)C1. The van der Waals surface area contributed by atoms with Gasteiger partial charge in [-0.05, 0) is 44.1 Å². The summed E-state index contributed by atoms with van der Waals surface area (Å²) in [5.74, 6) is 0.121. The summed E-state index contributed by atoms with van der Waals surface area (Å²) in [6.07, 6.45) is 2.61. The molecule has 1 aromatic heterocycles. The zero-order valence-corrected chi connectivity index (χ0v) is 12.0. The van der Waals surface area contributed by atoms with Gasteiger partial charge in [0.25, 0.3) is 5.91 Å². The van der Waals surface area contributed by atoms with Gasteiger partial charge in [-0.15, -0.1) is 0 Å². The molecule has 1 aromatic carbocycles. The maximum absolute atomic E-state index is 12.4. The Morgan fingerprint density at radius 1 is 1.15 bits per heavy atom. The highest BCUT2D eigenvalue weighted by molar-refractivity contribution is 7.00. The van der Waals surface area contributed by atoms with Gasteiger partial charge in [-0.1, -0.05) is 0 Å². The van der Waals surface area contributed by atoms with Crippen LogP contribution in [-0.4, -0.2) is 56.7 Å². The second-order valence-electron chi connectivity index (χ2n) is 5.57. The van der Waals surface area contributed by atoms with E-state index in [0.29, 0.717) is 6.04 Å². The molecule has 2 fully saturated rings. The fourth-order valence-electron chi connectivity index (χ4n) is 3.06. The number of aromatic nitrogens is 2. The van der Waals surface area contributed by atoms with E-state index in [1.807, 2.05) is 23.1 Å². The summed E-state index contributed by atoms with van der Waals surface area (Å²) >= 11 is 1.19. The standard InChI is InChI=1S/C14H16N4OS/c19-14(10-3-4-12-13(7-10)16-20-15-12)18-8-11(9-18)17-5-1-2-6-17/h3-4,7,11H,1-2,5-6,8-9H2. The van der Waals surface area contributed by atoms with Crippen LogP contribution in [0, 0.1) is 0 Å². The number of hydrogen-bond acceptors (Lipinski definition) is 5. The van der Waals surface area contributed by atoms with Gasteiger partial charge in [0.05, 0.1) is 11.7 Å². The van der Waals surface area contributed by atoms with Crippen molar-refractivity contribution in [3.8, 4) is 0 Å². The van der Waals surface area contributed by atoms with Crippen LogP contribution in [-0.2, 0) is 0 Å². The van der Waals surface area contributed by atoms with Crippen LogP contribution < -0.4 is 0 Å². The van der Waals surface area contributed by atoms with Crippen molar-refractivity contribution in [3.63, 3.8) is 0 Å². The lowest BCUT2D eigenvalue weighted by molar-refractivity contribution is 0.0334. The van der Waals surface area contributed by atoms with Crippen LogP contribution in [0.5, 0.6) is 0 Å². The summed E-state index contributed by atoms with van der Waals surface area (Å²) < 4.78 is 8.36. The minimum Gasteiger partial charge on any atom is -0.335 e. The van der Waals surface area contributed by atoms with Crippen LogP contribution >= 0.6 is 11.7 Å². The molecule has 4 rings (SSSR count). The molecule has 6 heteroatoms. The van der Waals surface area contributed by atoms with Crippen LogP contribution in [0.15, 0.2) is 18.2 Å². The molecule has 0 aliphatic carbocycles. The topological polar surface area (TPSA) is 49.3 Å². The molecular formula is C14H16N4OS. The Hall–Kier alpha value is -1.53. The van der Waals surface area contributed by atoms with Crippen molar-refractivity contribution < 1.29 is 4.79 Å². The van der Waals surface area contributed by atoms with Crippen molar-refractivity contribution in [1.82, 2.24) is 18.5 Å². The van der Waals surface area contributed by atoms with Gasteiger partial charge in [0.15, 0.2) is 0 Å². The number of fused-ring (bicyclic) bond motifs is 1. The molecule has 0 unspecified atom stereocenters. The third-order valence-corrected chi connectivity index (χ3v) is 4.86. The van der Waals surface area contributed by atoms with Gasteiger partial charge < -0.3 is 4.90 Å². The average Bonchev–Trinajstić information content (AvgIpc) is 3.06. The Bertz CT molecular complexity index is 643. The largest absolute Gasteiger partial charge is 0.335 e. The number of hydrogen-bond donors (Lipinski definition) is 0. The van der Waals surface area contributed by atoms with Gasteiger partial charge in [-0.2, -0.15) is 8.75 Å². The molecule has 104 valence electrons. The highest BCUT2D eigenvalue weighted by atomic mass is 32.1. The first-order chi connectivity index (χ1) is 9.81. The zero-order chi connectivity index (χ0) is 13.5. The number of benzene rings is 1. The van der Waals surface area contributed by atoms with Gasteiger partial charge in [0.2, 0.25) is 0 Å². The molecule has 20 heavy (non-hydrogen) atoms. The van der Waals surface area contributed by atoms with E-state index >= 15 is 0 Å². The van der Waals surface area contributed by atoms with Gasteiger partial charge in [-0.3, -0.25) is 9.69 Å². The molecule has 0 saturated carbocycles. The van der Waals surface area contributed by atoms with E-state index in [1.165, 1.54) is 37.7 Å². The summed E-state index contributed by atoms with van der Waals surface area (Å²) in [6.45, 7) is 4.13. The van der Waals surface area contributed by atoms with E-state index in [-0.39, 0.29) is 5.91 Å². The average molecular weight is 288 g/mol. The Balaban J connectivity index is 1.45. The van der Waals surface area contributed by atoms with Gasteiger partial charge in [0.1, 0.15) is 11.0 Å². The van der Waals surface area contributed by atoms with Crippen molar-refractivity contribution in [2.45, 2.75) is 18.9 Å². The Morgan fingerprint density at radius 3 is 2.70 bits per heavy atom. The summed E-state index contributed by atoms with van der Waals surface area (Å²) in [6, 6.07) is 6.16. The lowest BCUT2D eigenvalue weighted by Crippen LogP contribution is -2.60. The summed E-state index contributed by atoms with van der Waals surface area (Å²) in [4.78, 5) is 16.9. The van der Waals surface area contributed by atoms with Crippen molar-refractivity contribution in [2.75, 3.05) is 26.2 Å². The molecule has 1 amide bonds. The molecule has 0 spiro atoms. The fourth-order valence-corrected chi connectivity index (χ4v) is 3.57. The molecular weight excluding hydrogens is 272 g/mol. The normalized spacial score (nSPS) is 20.5. The predicted molar refractivity (Wildman–Crippen MR) is 77.9 cm³/mol. The summed E-state index contributed by atoms with van der Waals surface area (Å²) in [7, 11) is 0. The second-order valence-corrected chi connectivity index (χ2v) is 6.10. The number of likely N-dealkylation sites (tertiary alicyclic amines) is 2.